The van der Waals surface area contributed by atoms with Crippen molar-refractivity contribution in [2.75, 3.05) is 39.5 Å². The summed E-state index contributed by atoms with van der Waals surface area (Å²) in [4.78, 5) is 17.6. The fraction of sp³-hybridized carbons (Fsp3) is 0.524. The van der Waals surface area contributed by atoms with Gasteiger partial charge < -0.3 is 14.4 Å². The van der Waals surface area contributed by atoms with Crippen LogP contribution in [0, 0.1) is 5.92 Å². The molecule has 0 unspecified atom stereocenters. The van der Waals surface area contributed by atoms with E-state index in [4.69, 9.17) is 9.47 Å². The molecule has 0 spiro atoms. The fourth-order valence-corrected chi connectivity index (χ4v) is 4.22. The first kappa shape index (κ1) is 19.0. The standard InChI is InChI=1S/C21H28N4O3/c1-3-28-20-7-5-4-6-17(20)12-24-10-16-11-25(18(13-24)15-27-14-16)21(26)19-8-9-22-23(19)2/h4-9,16,18H,3,10-15H2,1-2H3/t16-,18-/m0/s1. The molecule has 7 heteroatoms. The number of aryl methyl sites for hydroxylation is 1. The van der Waals surface area contributed by atoms with Crippen molar-refractivity contribution < 1.29 is 14.3 Å². The van der Waals surface area contributed by atoms with E-state index in [1.54, 1.807) is 16.9 Å². The zero-order valence-electron chi connectivity index (χ0n) is 16.6. The molecular weight excluding hydrogens is 356 g/mol. The molecule has 2 aromatic rings. The van der Waals surface area contributed by atoms with Gasteiger partial charge in [0.1, 0.15) is 11.4 Å². The van der Waals surface area contributed by atoms with Gasteiger partial charge in [-0.25, -0.2) is 0 Å². The molecule has 3 heterocycles. The number of nitrogens with zero attached hydrogens (tertiary/aromatic N) is 4. The van der Waals surface area contributed by atoms with Gasteiger partial charge in [-0.05, 0) is 19.1 Å². The quantitative estimate of drug-likeness (QED) is 0.787. The number of rotatable bonds is 5. The molecule has 1 aromatic carbocycles. The number of ether oxygens (including phenoxy) is 2. The molecule has 0 radical (unpaired) electrons. The van der Waals surface area contributed by atoms with Crippen LogP contribution in [-0.2, 0) is 18.3 Å². The van der Waals surface area contributed by atoms with Gasteiger partial charge in [-0.2, -0.15) is 5.10 Å². The summed E-state index contributed by atoms with van der Waals surface area (Å²) in [5, 5.41) is 4.15. The van der Waals surface area contributed by atoms with Crippen molar-refractivity contribution in [3.05, 3.63) is 47.8 Å². The van der Waals surface area contributed by atoms with E-state index in [1.807, 2.05) is 31.0 Å². The van der Waals surface area contributed by atoms with Crippen LogP contribution in [0.2, 0.25) is 0 Å². The lowest BCUT2D eigenvalue weighted by Crippen LogP contribution is -2.46. The maximum atomic E-state index is 13.2. The summed E-state index contributed by atoms with van der Waals surface area (Å²) in [5.74, 6) is 1.28. The lowest BCUT2D eigenvalue weighted by molar-refractivity contribution is 0.0418. The first-order valence-corrected chi connectivity index (χ1v) is 9.95. The number of fused-ring (bicyclic) bond motifs is 3. The number of carbonyl (C=O) groups is 1. The number of aromatic nitrogens is 2. The molecule has 2 saturated heterocycles. The highest BCUT2D eigenvalue weighted by Gasteiger charge is 2.37. The van der Waals surface area contributed by atoms with Crippen LogP contribution in [0.5, 0.6) is 5.75 Å². The number of hydrogen-bond donors (Lipinski definition) is 0. The van der Waals surface area contributed by atoms with E-state index in [2.05, 4.69) is 22.1 Å². The van der Waals surface area contributed by atoms with E-state index in [-0.39, 0.29) is 11.9 Å². The third-order valence-electron chi connectivity index (χ3n) is 5.51. The summed E-state index contributed by atoms with van der Waals surface area (Å²) >= 11 is 0. The van der Waals surface area contributed by atoms with E-state index < -0.39 is 0 Å². The van der Waals surface area contributed by atoms with E-state index >= 15 is 0 Å². The van der Waals surface area contributed by atoms with E-state index in [1.165, 1.54) is 5.56 Å². The highest BCUT2D eigenvalue weighted by Crippen LogP contribution is 2.25. The van der Waals surface area contributed by atoms with Crippen LogP contribution in [0.1, 0.15) is 23.0 Å². The Labute approximate surface area is 165 Å². The first-order chi connectivity index (χ1) is 13.7. The maximum absolute atomic E-state index is 13.2. The molecule has 0 aliphatic carbocycles. The van der Waals surface area contributed by atoms with Gasteiger partial charge in [0.2, 0.25) is 0 Å². The van der Waals surface area contributed by atoms with Crippen LogP contribution in [0.15, 0.2) is 36.5 Å². The van der Waals surface area contributed by atoms with Crippen molar-refractivity contribution in [1.29, 1.82) is 0 Å². The molecule has 1 aromatic heterocycles. The monoisotopic (exact) mass is 384 g/mol. The molecule has 2 fully saturated rings. The third-order valence-corrected chi connectivity index (χ3v) is 5.51. The fourth-order valence-electron chi connectivity index (χ4n) is 4.22. The predicted molar refractivity (Wildman–Crippen MR) is 105 cm³/mol. The molecule has 2 atom stereocenters. The summed E-state index contributed by atoms with van der Waals surface area (Å²) in [6.07, 6.45) is 1.67. The molecule has 2 aliphatic rings. The third kappa shape index (κ3) is 3.91. The first-order valence-electron chi connectivity index (χ1n) is 9.95. The molecular formula is C21H28N4O3. The number of benzene rings is 1. The summed E-state index contributed by atoms with van der Waals surface area (Å²) in [6.45, 7) is 7.16. The zero-order chi connectivity index (χ0) is 19.5. The second kappa shape index (κ2) is 8.32. The SMILES string of the molecule is CCOc1ccccc1CN1C[C@@H]2COC[C@H](C1)N(C(=O)c1ccnn1C)C2. The summed E-state index contributed by atoms with van der Waals surface area (Å²) < 4.78 is 13.3. The molecule has 2 aliphatic heterocycles. The Bertz CT molecular complexity index is 821. The Morgan fingerprint density at radius 3 is 2.86 bits per heavy atom. The highest BCUT2D eigenvalue weighted by molar-refractivity contribution is 5.92. The van der Waals surface area contributed by atoms with Gasteiger partial charge in [0, 0.05) is 50.9 Å². The average molecular weight is 384 g/mol. The van der Waals surface area contributed by atoms with Crippen molar-refractivity contribution >= 4 is 5.91 Å². The molecule has 0 N–H and O–H groups in total. The number of carbonyl (C=O) groups excluding carboxylic acids is 1. The van der Waals surface area contributed by atoms with Gasteiger partial charge in [-0.15, -0.1) is 0 Å². The lowest BCUT2D eigenvalue weighted by Gasteiger charge is -2.31. The van der Waals surface area contributed by atoms with Gasteiger partial charge in [-0.1, -0.05) is 18.2 Å². The summed E-state index contributed by atoms with van der Waals surface area (Å²) in [6, 6.07) is 10.0. The van der Waals surface area contributed by atoms with Crippen molar-refractivity contribution in [2.45, 2.75) is 19.5 Å². The minimum absolute atomic E-state index is 0.0363. The van der Waals surface area contributed by atoms with Crippen LogP contribution >= 0.6 is 0 Å². The van der Waals surface area contributed by atoms with Gasteiger partial charge in [0.15, 0.2) is 0 Å². The van der Waals surface area contributed by atoms with Crippen molar-refractivity contribution in [3.63, 3.8) is 0 Å². The van der Waals surface area contributed by atoms with Crippen LogP contribution < -0.4 is 4.74 Å². The van der Waals surface area contributed by atoms with Gasteiger partial charge in [0.25, 0.3) is 5.91 Å². The van der Waals surface area contributed by atoms with Gasteiger partial charge in [-0.3, -0.25) is 14.4 Å². The Hall–Kier alpha value is -2.38. The zero-order valence-corrected chi connectivity index (χ0v) is 16.6. The van der Waals surface area contributed by atoms with Crippen molar-refractivity contribution in [2.24, 2.45) is 13.0 Å². The molecule has 7 nitrogen and oxygen atoms in total. The minimum atomic E-state index is 0.0363. The summed E-state index contributed by atoms with van der Waals surface area (Å²) in [5.41, 5.74) is 1.82. The molecule has 4 rings (SSSR count). The topological polar surface area (TPSA) is 59.8 Å². The number of para-hydroxylation sites is 1. The van der Waals surface area contributed by atoms with Crippen LogP contribution in [0.25, 0.3) is 0 Å². The second-order valence-electron chi connectivity index (χ2n) is 7.59. The largest absolute Gasteiger partial charge is 0.494 e. The maximum Gasteiger partial charge on any atom is 0.272 e. The minimum Gasteiger partial charge on any atom is -0.494 e. The van der Waals surface area contributed by atoms with Crippen molar-refractivity contribution in [3.8, 4) is 5.75 Å². The molecule has 28 heavy (non-hydrogen) atoms. The Morgan fingerprint density at radius 1 is 1.21 bits per heavy atom. The Morgan fingerprint density at radius 2 is 2.07 bits per heavy atom. The van der Waals surface area contributed by atoms with E-state index in [0.29, 0.717) is 31.4 Å². The summed E-state index contributed by atoms with van der Waals surface area (Å²) in [7, 11) is 1.81. The van der Waals surface area contributed by atoms with E-state index in [9.17, 15) is 4.79 Å². The van der Waals surface area contributed by atoms with Gasteiger partial charge >= 0.3 is 0 Å². The van der Waals surface area contributed by atoms with Gasteiger partial charge in [0.05, 0.1) is 25.9 Å². The second-order valence-corrected chi connectivity index (χ2v) is 7.59. The molecule has 0 saturated carbocycles. The lowest BCUT2D eigenvalue weighted by atomic mass is 10.1. The average Bonchev–Trinajstić information content (AvgIpc) is 2.90. The Balaban J connectivity index is 1.53. The number of hydrogen-bond acceptors (Lipinski definition) is 5. The number of amides is 1. The highest BCUT2D eigenvalue weighted by atomic mass is 16.5. The molecule has 150 valence electrons. The smallest absolute Gasteiger partial charge is 0.272 e. The normalized spacial score (nSPS) is 22.7. The van der Waals surface area contributed by atoms with Crippen LogP contribution in [0.3, 0.4) is 0 Å². The molecule has 2 bridgehead atoms. The Kier molecular flexibility index (Phi) is 5.64. The molecule has 1 amide bonds. The van der Waals surface area contributed by atoms with Crippen molar-refractivity contribution in [1.82, 2.24) is 19.6 Å². The predicted octanol–water partition coefficient (Wildman–Crippen LogP) is 1.79. The van der Waals surface area contributed by atoms with E-state index in [0.717, 1.165) is 31.9 Å². The van der Waals surface area contributed by atoms with Crippen LogP contribution in [-0.4, -0.2) is 71.0 Å². The van der Waals surface area contributed by atoms with Crippen LogP contribution in [0.4, 0.5) is 0 Å².